The van der Waals surface area contributed by atoms with Crippen LogP contribution < -0.4 is 10.5 Å². The number of nitrogens with two attached hydrogens (primary N) is 1. The van der Waals surface area contributed by atoms with E-state index >= 15 is 0 Å². The lowest BCUT2D eigenvalue weighted by molar-refractivity contribution is 0.290. The van der Waals surface area contributed by atoms with Crippen LogP contribution in [0.4, 0.5) is 0 Å². The quantitative estimate of drug-likeness (QED) is 0.702. The Kier molecular flexibility index (Phi) is 6.34. The molecule has 19 heavy (non-hydrogen) atoms. The van der Waals surface area contributed by atoms with Crippen molar-refractivity contribution in [3.63, 3.8) is 0 Å². The van der Waals surface area contributed by atoms with Crippen LogP contribution in [0.5, 0.6) is 5.75 Å². The smallest absolute Gasteiger partial charge is 0.119 e. The zero-order valence-electron chi connectivity index (χ0n) is 11.4. The molecule has 1 aromatic carbocycles. The summed E-state index contributed by atoms with van der Waals surface area (Å²) in [5, 5.41) is 17.8. The van der Waals surface area contributed by atoms with Gasteiger partial charge in [-0.25, -0.2) is 0 Å². The molecule has 0 amide bonds. The van der Waals surface area contributed by atoms with E-state index in [1.807, 2.05) is 31.2 Å². The fourth-order valence-corrected chi connectivity index (χ4v) is 1.77. The van der Waals surface area contributed by atoms with E-state index in [9.17, 15) is 0 Å². The first kappa shape index (κ1) is 15.5. The zero-order valence-corrected chi connectivity index (χ0v) is 11.4. The third kappa shape index (κ3) is 5.29. The number of aliphatic hydroxyl groups is 1. The highest BCUT2D eigenvalue weighted by Gasteiger charge is 2.20. The minimum Gasteiger partial charge on any atom is -0.494 e. The van der Waals surface area contributed by atoms with Gasteiger partial charge in [0.15, 0.2) is 0 Å². The summed E-state index contributed by atoms with van der Waals surface area (Å²) in [5.74, 6) is 0.803. The largest absolute Gasteiger partial charge is 0.494 e. The molecule has 1 rings (SSSR count). The van der Waals surface area contributed by atoms with Crippen LogP contribution in [0.15, 0.2) is 24.3 Å². The third-order valence-corrected chi connectivity index (χ3v) is 3.21. The highest BCUT2D eigenvalue weighted by molar-refractivity contribution is 5.27. The summed E-state index contributed by atoms with van der Waals surface area (Å²) in [6.07, 6.45) is 2.72. The molecule has 104 valence electrons. The van der Waals surface area contributed by atoms with Crippen molar-refractivity contribution in [1.29, 1.82) is 5.26 Å². The molecule has 0 saturated carbocycles. The van der Waals surface area contributed by atoms with Gasteiger partial charge in [-0.1, -0.05) is 19.1 Å². The molecule has 3 N–H and O–H groups in total. The first-order chi connectivity index (χ1) is 9.13. The third-order valence-electron chi connectivity index (χ3n) is 3.21. The molecule has 0 radical (unpaired) electrons. The molecule has 0 aliphatic heterocycles. The van der Waals surface area contributed by atoms with Gasteiger partial charge in [-0.05, 0) is 43.4 Å². The summed E-state index contributed by atoms with van der Waals surface area (Å²) < 4.78 is 5.60. The molecule has 0 aromatic heterocycles. The molecule has 0 aliphatic rings. The Morgan fingerprint density at radius 3 is 2.58 bits per heavy atom. The average Bonchev–Trinajstić information content (AvgIpc) is 2.45. The highest BCUT2D eigenvalue weighted by Crippen LogP contribution is 2.15. The second-order valence-electron chi connectivity index (χ2n) is 4.69. The molecule has 1 unspecified atom stereocenters. The molecule has 0 bridgehead atoms. The first-order valence-corrected chi connectivity index (χ1v) is 6.66. The molecular formula is C15H22N2O2. The van der Waals surface area contributed by atoms with Gasteiger partial charge in [0, 0.05) is 6.61 Å². The van der Waals surface area contributed by atoms with Crippen LogP contribution in [-0.4, -0.2) is 23.9 Å². The molecule has 4 nitrogen and oxygen atoms in total. The highest BCUT2D eigenvalue weighted by atomic mass is 16.5. The lowest BCUT2D eigenvalue weighted by Crippen LogP contribution is -2.37. The molecular weight excluding hydrogens is 240 g/mol. The first-order valence-electron chi connectivity index (χ1n) is 6.66. The maximum Gasteiger partial charge on any atom is 0.119 e. The number of hydrogen-bond acceptors (Lipinski definition) is 4. The van der Waals surface area contributed by atoms with Crippen molar-refractivity contribution in [3.8, 4) is 11.8 Å². The van der Waals surface area contributed by atoms with Crippen LogP contribution >= 0.6 is 0 Å². The predicted octanol–water partition coefficient (Wildman–Crippen LogP) is 2.01. The number of nitriles is 1. The van der Waals surface area contributed by atoms with Crippen molar-refractivity contribution in [2.24, 2.45) is 5.73 Å². The lowest BCUT2D eigenvalue weighted by Gasteiger charge is -2.18. The summed E-state index contributed by atoms with van der Waals surface area (Å²) in [7, 11) is 0. The Morgan fingerprint density at radius 2 is 2.05 bits per heavy atom. The van der Waals surface area contributed by atoms with Crippen molar-refractivity contribution in [2.75, 3.05) is 13.2 Å². The van der Waals surface area contributed by atoms with Crippen LogP contribution in [0.3, 0.4) is 0 Å². The van der Waals surface area contributed by atoms with Gasteiger partial charge in [0.1, 0.15) is 11.3 Å². The minimum atomic E-state index is -0.728. The Bertz CT molecular complexity index is 411. The monoisotopic (exact) mass is 262 g/mol. The Balaban J connectivity index is 2.32. The van der Waals surface area contributed by atoms with Gasteiger partial charge in [-0.2, -0.15) is 5.26 Å². The van der Waals surface area contributed by atoms with Gasteiger partial charge in [-0.3, -0.25) is 0 Å². The van der Waals surface area contributed by atoms with E-state index in [2.05, 4.69) is 6.07 Å². The zero-order chi connectivity index (χ0) is 14.1. The Morgan fingerprint density at radius 1 is 1.37 bits per heavy atom. The number of hydrogen-bond donors (Lipinski definition) is 2. The summed E-state index contributed by atoms with van der Waals surface area (Å²) >= 11 is 0. The van der Waals surface area contributed by atoms with E-state index in [-0.39, 0.29) is 6.61 Å². The minimum absolute atomic E-state index is 0.157. The van der Waals surface area contributed by atoms with Crippen molar-refractivity contribution in [2.45, 2.75) is 38.1 Å². The Labute approximate surface area is 114 Å². The normalized spacial score (nSPS) is 13.6. The maximum atomic E-state index is 8.95. The molecule has 0 fully saturated rings. The van der Waals surface area contributed by atoms with E-state index in [1.54, 1.807) is 0 Å². The molecule has 4 heteroatoms. The number of rotatable bonds is 8. The van der Waals surface area contributed by atoms with Crippen LogP contribution in [0.1, 0.15) is 31.7 Å². The van der Waals surface area contributed by atoms with Gasteiger partial charge >= 0.3 is 0 Å². The van der Waals surface area contributed by atoms with Gasteiger partial charge in [-0.15, -0.1) is 0 Å². The van der Waals surface area contributed by atoms with Crippen LogP contribution in [-0.2, 0) is 6.42 Å². The lowest BCUT2D eigenvalue weighted by atomic mass is 9.94. The van der Waals surface area contributed by atoms with Crippen LogP contribution in [0.2, 0.25) is 0 Å². The van der Waals surface area contributed by atoms with E-state index in [4.69, 9.17) is 20.8 Å². The van der Waals surface area contributed by atoms with Crippen molar-refractivity contribution in [3.05, 3.63) is 29.8 Å². The molecule has 0 spiro atoms. The SMILES string of the molecule is CCC(N)(C#N)CCCOc1ccc(CCO)cc1. The van der Waals surface area contributed by atoms with E-state index < -0.39 is 5.54 Å². The van der Waals surface area contributed by atoms with E-state index in [0.29, 0.717) is 25.9 Å². The number of aliphatic hydroxyl groups excluding tert-OH is 1. The van der Waals surface area contributed by atoms with Crippen molar-refractivity contribution < 1.29 is 9.84 Å². The summed E-state index contributed by atoms with van der Waals surface area (Å²) in [6, 6.07) is 9.82. The molecule has 0 saturated heterocycles. The number of benzene rings is 1. The standard InChI is InChI=1S/C15H22N2O2/c1-2-15(17,12-16)9-3-11-19-14-6-4-13(5-7-14)8-10-18/h4-7,18H,2-3,8-11,17H2,1H3. The van der Waals surface area contributed by atoms with Gasteiger partial charge in [0.2, 0.25) is 0 Å². The number of nitrogens with zero attached hydrogens (tertiary/aromatic N) is 1. The predicted molar refractivity (Wildman–Crippen MR) is 74.8 cm³/mol. The molecule has 0 aliphatic carbocycles. The van der Waals surface area contributed by atoms with Crippen molar-refractivity contribution >= 4 is 0 Å². The topological polar surface area (TPSA) is 79.3 Å². The Hall–Kier alpha value is -1.57. The second kappa shape index (κ2) is 7.78. The molecule has 1 aromatic rings. The maximum absolute atomic E-state index is 8.95. The number of ether oxygens (including phenoxy) is 1. The second-order valence-corrected chi connectivity index (χ2v) is 4.69. The fraction of sp³-hybridized carbons (Fsp3) is 0.533. The molecule has 0 heterocycles. The van der Waals surface area contributed by atoms with Gasteiger partial charge < -0.3 is 15.6 Å². The van der Waals surface area contributed by atoms with Crippen LogP contribution in [0.25, 0.3) is 0 Å². The van der Waals surface area contributed by atoms with Crippen molar-refractivity contribution in [1.82, 2.24) is 0 Å². The summed E-state index contributed by atoms with van der Waals surface area (Å²) in [6.45, 7) is 2.63. The average molecular weight is 262 g/mol. The van der Waals surface area contributed by atoms with Crippen LogP contribution in [0, 0.1) is 11.3 Å². The van der Waals surface area contributed by atoms with Gasteiger partial charge in [0.05, 0.1) is 12.7 Å². The molecule has 1 atom stereocenters. The van der Waals surface area contributed by atoms with E-state index in [1.165, 1.54) is 0 Å². The van der Waals surface area contributed by atoms with E-state index in [0.717, 1.165) is 17.7 Å². The fourth-order valence-electron chi connectivity index (χ4n) is 1.77. The summed E-state index contributed by atoms with van der Waals surface area (Å²) in [4.78, 5) is 0. The van der Waals surface area contributed by atoms with Gasteiger partial charge in [0.25, 0.3) is 0 Å². The summed E-state index contributed by atoms with van der Waals surface area (Å²) in [5.41, 5.74) is 6.25.